The van der Waals surface area contributed by atoms with Crippen LogP contribution in [0.15, 0.2) is 24.4 Å². The van der Waals surface area contributed by atoms with E-state index < -0.39 is 10.7 Å². The van der Waals surface area contributed by atoms with Crippen LogP contribution < -0.4 is 0 Å². The van der Waals surface area contributed by atoms with E-state index in [2.05, 4.69) is 4.98 Å². The first-order valence-electron chi connectivity index (χ1n) is 3.98. The van der Waals surface area contributed by atoms with E-state index in [0.717, 1.165) is 6.20 Å². The summed E-state index contributed by atoms with van der Waals surface area (Å²) in [5.41, 5.74) is -0.311. The summed E-state index contributed by atoms with van der Waals surface area (Å²) in [6.07, 6.45) is 0.873. The van der Waals surface area contributed by atoms with Crippen molar-refractivity contribution in [2.24, 2.45) is 0 Å². The summed E-state index contributed by atoms with van der Waals surface area (Å²) in [6, 6.07) is 4.15. The summed E-state index contributed by atoms with van der Waals surface area (Å²) in [7, 11) is 0. The van der Waals surface area contributed by atoms with Crippen LogP contribution in [0.2, 0.25) is 5.15 Å². The van der Waals surface area contributed by atoms with E-state index in [-0.39, 0.29) is 21.6 Å². The Bertz CT molecular complexity index is 559. The third-order valence-electron chi connectivity index (χ3n) is 1.99. The summed E-state index contributed by atoms with van der Waals surface area (Å²) in [5, 5.41) is 10.8. The molecule has 0 N–H and O–H groups in total. The van der Waals surface area contributed by atoms with Crippen LogP contribution >= 0.6 is 11.6 Å². The Morgan fingerprint density at radius 3 is 2.87 bits per heavy atom. The van der Waals surface area contributed by atoms with Crippen molar-refractivity contribution in [1.82, 2.24) is 4.98 Å². The molecule has 0 aliphatic rings. The first-order chi connectivity index (χ1) is 7.11. The average Bonchev–Trinajstić information content (AvgIpc) is 2.23. The lowest BCUT2D eigenvalue weighted by atomic mass is 10.1. The number of fused-ring (bicyclic) bond motifs is 1. The van der Waals surface area contributed by atoms with Crippen LogP contribution in [0.4, 0.5) is 10.1 Å². The monoisotopic (exact) mass is 226 g/mol. The maximum atomic E-state index is 13.4. The Balaban J connectivity index is 2.96. The number of hydrogen-bond acceptors (Lipinski definition) is 3. The predicted molar refractivity (Wildman–Crippen MR) is 53.4 cm³/mol. The van der Waals surface area contributed by atoms with Gasteiger partial charge in [-0.1, -0.05) is 23.7 Å². The fourth-order valence-corrected chi connectivity index (χ4v) is 1.57. The molecule has 15 heavy (non-hydrogen) atoms. The molecule has 1 aromatic heterocycles. The van der Waals surface area contributed by atoms with Gasteiger partial charge in [-0.3, -0.25) is 10.1 Å². The minimum Gasteiger partial charge on any atom is -0.258 e. The average molecular weight is 227 g/mol. The van der Waals surface area contributed by atoms with Gasteiger partial charge >= 0.3 is 0 Å². The minimum atomic E-state index is -0.748. The van der Waals surface area contributed by atoms with E-state index in [1.54, 1.807) is 0 Å². The number of aromatic nitrogens is 1. The molecule has 0 aliphatic heterocycles. The van der Waals surface area contributed by atoms with Gasteiger partial charge in [-0.15, -0.1) is 0 Å². The van der Waals surface area contributed by atoms with Crippen LogP contribution in [-0.2, 0) is 0 Å². The third kappa shape index (κ3) is 1.50. The number of hydrogen-bond donors (Lipinski definition) is 0. The number of benzene rings is 1. The highest BCUT2D eigenvalue weighted by Gasteiger charge is 2.17. The van der Waals surface area contributed by atoms with E-state index in [4.69, 9.17) is 11.6 Å². The highest BCUT2D eigenvalue weighted by atomic mass is 35.5. The van der Waals surface area contributed by atoms with Gasteiger partial charge < -0.3 is 0 Å². The molecule has 0 bridgehead atoms. The zero-order valence-corrected chi connectivity index (χ0v) is 8.03. The van der Waals surface area contributed by atoms with Crippen molar-refractivity contribution in [3.8, 4) is 0 Å². The number of halogens is 2. The van der Waals surface area contributed by atoms with Crippen LogP contribution in [0.25, 0.3) is 10.8 Å². The standard InChI is InChI=1S/C9H4ClFN2O2/c10-9-5-2-1-3-7(13(14)15)8(5)6(11)4-12-9/h1-4H. The lowest BCUT2D eigenvalue weighted by Crippen LogP contribution is -1.93. The fraction of sp³-hybridized carbons (Fsp3) is 0. The molecule has 1 aromatic carbocycles. The molecule has 0 atom stereocenters. The van der Waals surface area contributed by atoms with Gasteiger partial charge in [0.1, 0.15) is 5.15 Å². The van der Waals surface area contributed by atoms with Crippen LogP contribution in [-0.4, -0.2) is 9.91 Å². The maximum absolute atomic E-state index is 13.4. The zero-order valence-electron chi connectivity index (χ0n) is 7.28. The smallest absolute Gasteiger partial charge is 0.258 e. The van der Waals surface area contributed by atoms with Crippen LogP contribution in [0.1, 0.15) is 0 Å². The Hall–Kier alpha value is -1.75. The molecule has 0 aliphatic carbocycles. The summed E-state index contributed by atoms with van der Waals surface area (Å²) >= 11 is 5.71. The van der Waals surface area contributed by atoms with Crippen molar-refractivity contribution in [2.45, 2.75) is 0 Å². The predicted octanol–water partition coefficient (Wildman–Crippen LogP) is 2.94. The quantitative estimate of drug-likeness (QED) is 0.427. The first kappa shape index (κ1) is 9.79. The molecular weight excluding hydrogens is 223 g/mol. The van der Waals surface area contributed by atoms with E-state index in [0.29, 0.717) is 0 Å². The summed E-state index contributed by atoms with van der Waals surface area (Å²) in [6.45, 7) is 0. The molecule has 0 saturated heterocycles. The van der Waals surface area contributed by atoms with Crippen LogP contribution in [0.3, 0.4) is 0 Å². The van der Waals surface area contributed by atoms with Crippen molar-refractivity contribution >= 4 is 28.1 Å². The minimum absolute atomic E-state index is 0.0510. The highest BCUT2D eigenvalue weighted by molar-refractivity contribution is 6.34. The third-order valence-corrected chi connectivity index (χ3v) is 2.29. The van der Waals surface area contributed by atoms with Gasteiger partial charge in [0.15, 0.2) is 5.82 Å². The van der Waals surface area contributed by atoms with Crippen molar-refractivity contribution in [3.05, 3.63) is 45.5 Å². The van der Waals surface area contributed by atoms with Crippen molar-refractivity contribution < 1.29 is 9.31 Å². The van der Waals surface area contributed by atoms with Gasteiger partial charge in [0.05, 0.1) is 16.5 Å². The van der Waals surface area contributed by atoms with Gasteiger partial charge in [-0.05, 0) is 0 Å². The van der Waals surface area contributed by atoms with Crippen LogP contribution in [0.5, 0.6) is 0 Å². The van der Waals surface area contributed by atoms with Gasteiger partial charge in [-0.25, -0.2) is 9.37 Å². The number of pyridine rings is 1. The Morgan fingerprint density at radius 1 is 1.47 bits per heavy atom. The Morgan fingerprint density at radius 2 is 2.20 bits per heavy atom. The van der Waals surface area contributed by atoms with Crippen molar-refractivity contribution in [1.29, 1.82) is 0 Å². The Kier molecular flexibility index (Phi) is 2.24. The molecular formula is C9H4ClFN2O2. The number of nitro groups is 1. The second-order valence-electron chi connectivity index (χ2n) is 2.85. The van der Waals surface area contributed by atoms with E-state index in [9.17, 15) is 14.5 Å². The number of non-ortho nitro benzene ring substituents is 1. The molecule has 1 heterocycles. The lowest BCUT2D eigenvalue weighted by Gasteiger charge is -2.01. The largest absolute Gasteiger partial charge is 0.280 e. The van der Waals surface area contributed by atoms with Gasteiger partial charge in [0.2, 0.25) is 0 Å². The molecule has 2 rings (SSSR count). The second kappa shape index (κ2) is 3.43. The summed E-state index contributed by atoms with van der Waals surface area (Å²) < 4.78 is 13.4. The molecule has 0 fully saturated rings. The van der Waals surface area contributed by atoms with E-state index >= 15 is 0 Å². The second-order valence-corrected chi connectivity index (χ2v) is 3.21. The van der Waals surface area contributed by atoms with Crippen molar-refractivity contribution in [2.75, 3.05) is 0 Å². The number of nitrogens with zero attached hydrogens (tertiary/aromatic N) is 2. The Labute approximate surface area is 88.5 Å². The number of nitro benzene ring substituents is 1. The molecule has 2 aromatic rings. The number of rotatable bonds is 1. The first-order valence-corrected chi connectivity index (χ1v) is 4.36. The normalized spacial score (nSPS) is 10.5. The SMILES string of the molecule is O=[N+]([O-])c1cccc2c(Cl)ncc(F)c12. The molecule has 0 radical (unpaired) electrons. The topological polar surface area (TPSA) is 56.0 Å². The van der Waals surface area contributed by atoms with Crippen LogP contribution in [0, 0.1) is 15.9 Å². The molecule has 6 heteroatoms. The molecule has 4 nitrogen and oxygen atoms in total. The molecule has 0 amide bonds. The van der Waals surface area contributed by atoms with Crippen molar-refractivity contribution in [3.63, 3.8) is 0 Å². The molecule has 0 spiro atoms. The molecule has 0 saturated carbocycles. The lowest BCUT2D eigenvalue weighted by molar-refractivity contribution is -0.383. The van der Waals surface area contributed by atoms with Gasteiger partial charge in [-0.2, -0.15) is 0 Å². The highest BCUT2D eigenvalue weighted by Crippen LogP contribution is 2.30. The van der Waals surface area contributed by atoms with E-state index in [1.807, 2.05) is 0 Å². The van der Waals surface area contributed by atoms with Gasteiger partial charge in [0.25, 0.3) is 5.69 Å². The van der Waals surface area contributed by atoms with E-state index in [1.165, 1.54) is 18.2 Å². The maximum Gasteiger partial charge on any atom is 0.280 e. The fourth-order valence-electron chi connectivity index (χ4n) is 1.36. The molecule has 76 valence electrons. The summed E-state index contributed by atoms with van der Waals surface area (Å²) in [5.74, 6) is -0.748. The summed E-state index contributed by atoms with van der Waals surface area (Å²) in [4.78, 5) is 13.6. The zero-order chi connectivity index (χ0) is 11.0. The van der Waals surface area contributed by atoms with Gasteiger partial charge in [0, 0.05) is 11.5 Å². The molecule has 0 unspecified atom stereocenters.